The SMILES string of the molecule is COc1ccccc1CCNc1ccc(C(=O)Nc2ccc3c(c2)OCO3)cn1. The zero-order chi connectivity index (χ0) is 20.1. The van der Waals surface area contributed by atoms with E-state index in [1.807, 2.05) is 24.3 Å². The van der Waals surface area contributed by atoms with Crippen LogP contribution in [0.4, 0.5) is 11.5 Å². The van der Waals surface area contributed by atoms with Gasteiger partial charge in [0.25, 0.3) is 5.91 Å². The highest BCUT2D eigenvalue weighted by molar-refractivity contribution is 6.04. The van der Waals surface area contributed by atoms with Crippen LogP contribution in [-0.2, 0) is 6.42 Å². The van der Waals surface area contributed by atoms with Gasteiger partial charge in [-0.2, -0.15) is 0 Å². The smallest absolute Gasteiger partial charge is 0.257 e. The number of benzene rings is 2. The second-order valence-electron chi connectivity index (χ2n) is 6.44. The van der Waals surface area contributed by atoms with Gasteiger partial charge in [-0.15, -0.1) is 0 Å². The minimum atomic E-state index is -0.239. The molecule has 0 aliphatic carbocycles. The van der Waals surface area contributed by atoms with Crippen LogP contribution in [0.5, 0.6) is 17.2 Å². The van der Waals surface area contributed by atoms with Crippen molar-refractivity contribution < 1.29 is 19.0 Å². The first-order valence-corrected chi connectivity index (χ1v) is 9.26. The van der Waals surface area contributed by atoms with Crippen LogP contribution < -0.4 is 24.8 Å². The lowest BCUT2D eigenvalue weighted by Crippen LogP contribution is -2.13. The van der Waals surface area contributed by atoms with Gasteiger partial charge in [0.2, 0.25) is 6.79 Å². The molecule has 0 spiro atoms. The molecule has 148 valence electrons. The Labute approximate surface area is 168 Å². The number of nitrogens with one attached hydrogen (secondary N) is 2. The molecule has 29 heavy (non-hydrogen) atoms. The number of carbonyl (C=O) groups excluding carboxylic acids is 1. The van der Waals surface area contributed by atoms with Crippen LogP contribution in [0.2, 0.25) is 0 Å². The first-order chi connectivity index (χ1) is 14.2. The highest BCUT2D eigenvalue weighted by Gasteiger charge is 2.14. The number of aromatic nitrogens is 1. The number of anilines is 2. The molecule has 1 amide bonds. The lowest BCUT2D eigenvalue weighted by Gasteiger charge is -2.10. The predicted molar refractivity (Wildman–Crippen MR) is 110 cm³/mol. The fourth-order valence-corrected chi connectivity index (χ4v) is 3.05. The topological polar surface area (TPSA) is 81.7 Å². The summed E-state index contributed by atoms with van der Waals surface area (Å²) >= 11 is 0. The third-order valence-corrected chi connectivity index (χ3v) is 4.55. The number of hydrogen-bond acceptors (Lipinski definition) is 6. The number of methoxy groups -OCH3 is 1. The molecule has 4 rings (SSSR count). The number of nitrogens with zero attached hydrogens (tertiary/aromatic N) is 1. The summed E-state index contributed by atoms with van der Waals surface area (Å²) < 4.78 is 16.0. The van der Waals surface area contributed by atoms with Crippen LogP contribution >= 0.6 is 0 Å². The van der Waals surface area contributed by atoms with E-state index in [9.17, 15) is 4.79 Å². The lowest BCUT2D eigenvalue weighted by molar-refractivity contribution is 0.102. The molecule has 0 saturated carbocycles. The first kappa shape index (κ1) is 18.6. The molecule has 2 N–H and O–H groups in total. The van der Waals surface area contributed by atoms with Gasteiger partial charge in [0.15, 0.2) is 11.5 Å². The number of carbonyl (C=O) groups is 1. The van der Waals surface area contributed by atoms with E-state index in [4.69, 9.17) is 14.2 Å². The second-order valence-corrected chi connectivity index (χ2v) is 6.44. The van der Waals surface area contributed by atoms with Crippen molar-refractivity contribution in [3.63, 3.8) is 0 Å². The molecule has 1 aliphatic rings. The molecule has 0 bridgehead atoms. The van der Waals surface area contributed by atoms with Crippen LogP contribution in [0.1, 0.15) is 15.9 Å². The summed E-state index contributed by atoms with van der Waals surface area (Å²) in [5, 5.41) is 6.10. The van der Waals surface area contributed by atoms with Gasteiger partial charge in [-0.05, 0) is 42.3 Å². The predicted octanol–water partition coefficient (Wildman–Crippen LogP) is 3.73. The molecule has 1 aromatic heterocycles. The van der Waals surface area contributed by atoms with Crippen molar-refractivity contribution in [2.24, 2.45) is 0 Å². The maximum Gasteiger partial charge on any atom is 0.257 e. The third-order valence-electron chi connectivity index (χ3n) is 4.55. The number of amides is 1. The maximum absolute atomic E-state index is 12.4. The van der Waals surface area contributed by atoms with E-state index in [-0.39, 0.29) is 12.7 Å². The zero-order valence-corrected chi connectivity index (χ0v) is 16.0. The van der Waals surface area contributed by atoms with E-state index in [1.165, 1.54) is 0 Å². The molecule has 0 atom stereocenters. The molecule has 1 aliphatic heterocycles. The summed E-state index contributed by atoms with van der Waals surface area (Å²) in [6.45, 7) is 0.901. The Bertz CT molecular complexity index is 1010. The molecular weight excluding hydrogens is 370 g/mol. The van der Waals surface area contributed by atoms with Crippen molar-refractivity contribution >= 4 is 17.4 Å². The van der Waals surface area contributed by atoms with Gasteiger partial charge >= 0.3 is 0 Å². The monoisotopic (exact) mass is 391 g/mol. The number of hydrogen-bond donors (Lipinski definition) is 2. The Morgan fingerprint density at radius 3 is 2.79 bits per heavy atom. The lowest BCUT2D eigenvalue weighted by atomic mass is 10.1. The average molecular weight is 391 g/mol. The summed E-state index contributed by atoms with van der Waals surface area (Å²) in [5.41, 5.74) is 2.23. The van der Waals surface area contributed by atoms with Crippen molar-refractivity contribution in [1.82, 2.24) is 4.98 Å². The van der Waals surface area contributed by atoms with Crippen LogP contribution in [0, 0.1) is 0 Å². The Hall–Kier alpha value is -3.74. The molecule has 0 saturated heterocycles. The minimum Gasteiger partial charge on any atom is -0.496 e. The fourth-order valence-electron chi connectivity index (χ4n) is 3.05. The van der Waals surface area contributed by atoms with E-state index in [0.29, 0.717) is 35.1 Å². The number of fused-ring (bicyclic) bond motifs is 1. The second kappa shape index (κ2) is 8.52. The van der Waals surface area contributed by atoms with Gasteiger partial charge in [0, 0.05) is 24.5 Å². The van der Waals surface area contributed by atoms with Crippen LogP contribution in [0.25, 0.3) is 0 Å². The van der Waals surface area contributed by atoms with Gasteiger partial charge in [-0.1, -0.05) is 18.2 Å². The van der Waals surface area contributed by atoms with Gasteiger partial charge < -0.3 is 24.8 Å². The quantitative estimate of drug-likeness (QED) is 0.639. The van der Waals surface area contributed by atoms with Crippen molar-refractivity contribution in [3.05, 3.63) is 71.9 Å². The number of pyridine rings is 1. The summed E-state index contributed by atoms with van der Waals surface area (Å²) in [7, 11) is 1.67. The first-order valence-electron chi connectivity index (χ1n) is 9.26. The van der Waals surface area contributed by atoms with E-state index in [2.05, 4.69) is 15.6 Å². The van der Waals surface area contributed by atoms with Crippen molar-refractivity contribution in [2.75, 3.05) is 31.1 Å². The van der Waals surface area contributed by atoms with E-state index in [1.54, 1.807) is 43.6 Å². The number of ether oxygens (including phenoxy) is 3. The maximum atomic E-state index is 12.4. The fraction of sp³-hybridized carbons (Fsp3) is 0.182. The molecule has 0 unspecified atom stereocenters. The zero-order valence-electron chi connectivity index (χ0n) is 16.0. The van der Waals surface area contributed by atoms with E-state index in [0.717, 1.165) is 17.7 Å². The largest absolute Gasteiger partial charge is 0.496 e. The summed E-state index contributed by atoms with van der Waals surface area (Å²) in [6.07, 6.45) is 2.35. The molecule has 2 aromatic carbocycles. The molecule has 0 radical (unpaired) electrons. The summed E-state index contributed by atoms with van der Waals surface area (Å²) in [4.78, 5) is 16.8. The van der Waals surface area contributed by atoms with Gasteiger partial charge in [0.1, 0.15) is 11.6 Å². The Kier molecular flexibility index (Phi) is 5.47. The summed E-state index contributed by atoms with van der Waals surface area (Å²) in [6, 6.07) is 16.7. The summed E-state index contributed by atoms with van der Waals surface area (Å²) in [5.74, 6) is 2.64. The minimum absolute atomic E-state index is 0.197. The van der Waals surface area contributed by atoms with E-state index < -0.39 is 0 Å². The molecule has 7 nitrogen and oxygen atoms in total. The standard InChI is InChI=1S/C22H21N3O4/c1-27-18-5-3-2-4-15(18)10-11-23-21-9-6-16(13-24-21)22(26)25-17-7-8-19-20(12-17)29-14-28-19/h2-9,12-13H,10-11,14H2,1H3,(H,23,24)(H,25,26). The normalized spacial score (nSPS) is 11.8. The van der Waals surface area contributed by atoms with Crippen molar-refractivity contribution in [1.29, 1.82) is 0 Å². The Morgan fingerprint density at radius 2 is 1.97 bits per heavy atom. The third kappa shape index (κ3) is 4.40. The number of rotatable bonds is 7. The van der Waals surface area contributed by atoms with Crippen LogP contribution in [-0.4, -0.2) is 31.3 Å². The van der Waals surface area contributed by atoms with E-state index >= 15 is 0 Å². The van der Waals surface area contributed by atoms with Gasteiger partial charge in [-0.3, -0.25) is 4.79 Å². The highest BCUT2D eigenvalue weighted by atomic mass is 16.7. The molecule has 0 fully saturated rings. The van der Waals surface area contributed by atoms with Crippen LogP contribution in [0.3, 0.4) is 0 Å². The van der Waals surface area contributed by atoms with Crippen molar-refractivity contribution in [2.45, 2.75) is 6.42 Å². The van der Waals surface area contributed by atoms with Gasteiger partial charge in [0.05, 0.1) is 12.7 Å². The molecule has 3 aromatic rings. The van der Waals surface area contributed by atoms with Crippen molar-refractivity contribution in [3.8, 4) is 17.2 Å². The van der Waals surface area contributed by atoms with Gasteiger partial charge in [-0.25, -0.2) is 4.98 Å². The van der Waals surface area contributed by atoms with Crippen LogP contribution in [0.15, 0.2) is 60.8 Å². The highest BCUT2D eigenvalue weighted by Crippen LogP contribution is 2.34. The molecule has 2 heterocycles. The Morgan fingerprint density at radius 1 is 1.10 bits per heavy atom. The Balaban J connectivity index is 1.32. The molecular formula is C22H21N3O4. The average Bonchev–Trinajstić information content (AvgIpc) is 3.22. The molecule has 7 heteroatoms. The number of para-hydroxylation sites is 1.